The van der Waals surface area contributed by atoms with Crippen molar-refractivity contribution in [2.24, 2.45) is 11.7 Å². The van der Waals surface area contributed by atoms with Crippen molar-refractivity contribution < 1.29 is 4.74 Å². The van der Waals surface area contributed by atoms with Crippen LogP contribution in [0, 0.1) is 5.92 Å². The van der Waals surface area contributed by atoms with Crippen molar-refractivity contribution in [1.82, 2.24) is 9.55 Å². The minimum absolute atomic E-state index is 0.143. The Kier molecular flexibility index (Phi) is 3.53. The van der Waals surface area contributed by atoms with Gasteiger partial charge in [0.05, 0.1) is 17.6 Å². The number of hydrogen-bond acceptors (Lipinski definition) is 3. The van der Waals surface area contributed by atoms with Gasteiger partial charge in [-0.2, -0.15) is 0 Å². The Morgan fingerprint density at radius 2 is 2.32 bits per heavy atom. The highest BCUT2D eigenvalue weighted by atomic mass is 16.5. The first-order chi connectivity index (χ1) is 9.29. The van der Waals surface area contributed by atoms with E-state index in [4.69, 9.17) is 15.5 Å². The molecule has 4 heteroatoms. The quantitative estimate of drug-likeness (QED) is 0.913. The number of fused-ring (bicyclic) bond motifs is 1. The lowest BCUT2D eigenvalue weighted by Gasteiger charge is -2.17. The molecule has 2 atom stereocenters. The third-order valence-electron chi connectivity index (χ3n) is 4.04. The van der Waals surface area contributed by atoms with E-state index in [1.54, 1.807) is 0 Å². The summed E-state index contributed by atoms with van der Waals surface area (Å²) in [6, 6.07) is 8.42. The number of benzene rings is 1. The molecular formula is C15H21N3O. The van der Waals surface area contributed by atoms with Crippen LogP contribution in [0.1, 0.15) is 19.2 Å². The summed E-state index contributed by atoms with van der Waals surface area (Å²) in [6.45, 7) is 4.74. The van der Waals surface area contributed by atoms with Gasteiger partial charge < -0.3 is 15.0 Å². The summed E-state index contributed by atoms with van der Waals surface area (Å²) in [6.07, 6.45) is 1.91. The molecule has 1 saturated heterocycles. The highest BCUT2D eigenvalue weighted by Gasteiger charge is 2.24. The third kappa shape index (κ3) is 2.38. The molecule has 1 aliphatic rings. The molecule has 0 aliphatic carbocycles. The number of aryl methyl sites for hydroxylation is 1. The first-order valence-electron chi connectivity index (χ1n) is 7.07. The van der Waals surface area contributed by atoms with Gasteiger partial charge in [0.1, 0.15) is 5.82 Å². The number of imidazole rings is 1. The molecular weight excluding hydrogens is 238 g/mol. The van der Waals surface area contributed by atoms with Crippen LogP contribution in [0.5, 0.6) is 0 Å². The molecule has 0 bridgehead atoms. The van der Waals surface area contributed by atoms with Gasteiger partial charge in [-0.15, -0.1) is 0 Å². The Morgan fingerprint density at radius 1 is 1.47 bits per heavy atom. The van der Waals surface area contributed by atoms with Crippen LogP contribution in [-0.2, 0) is 17.7 Å². The minimum Gasteiger partial charge on any atom is -0.381 e. The molecule has 2 N–H and O–H groups in total. The van der Waals surface area contributed by atoms with E-state index in [-0.39, 0.29) is 6.04 Å². The Morgan fingerprint density at radius 3 is 3.05 bits per heavy atom. The maximum atomic E-state index is 6.32. The van der Waals surface area contributed by atoms with Crippen LogP contribution in [0.2, 0.25) is 0 Å². The smallest absolute Gasteiger partial charge is 0.111 e. The van der Waals surface area contributed by atoms with Crippen molar-refractivity contribution in [2.75, 3.05) is 13.2 Å². The molecule has 1 fully saturated rings. The van der Waals surface area contributed by atoms with E-state index in [1.165, 1.54) is 5.52 Å². The van der Waals surface area contributed by atoms with Gasteiger partial charge in [0.25, 0.3) is 0 Å². The molecule has 1 aromatic heterocycles. The lowest BCUT2D eigenvalue weighted by atomic mass is 9.97. The van der Waals surface area contributed by atoms with Crippen LogP contribution in [-0.4, -0.2) is 28.8 Å². The number of nitrogens with zero attached hydrogens (tertiary/aromatic N) is 2. The van der Waals surface area contributed by atoms with Gasteiger partial charge in [-0.3, -0.25) is 0 Å². The Balaban J connectivity index is 1.87. The van der Waals surface area contributed by atoms with Gasteiger partial charge in [-0.25, -0.2) is 4.98 Å². The predicted octanol–water partition coefficient (Wildman–Crippen LogP) is 1.96. The van der Waals surface area contributed by atoms with Crippen LogP contribution in [0.15, 0.2) is 24.3 Å². The normalized spacial score (nSPS) is 21.1. The Hall–Kier alpha value is -1.39. The number of rotatable bonds is 4. The van der Waals surface area contributed by atoms with E-state index in [9.17, 15) is 0 Å². The molecule has 0 radical (unpaired) electrons. The van der Waals surface area contributed by atoms with Crippen LogP contribution in [0.25, 0.3) is 11.0 Å². The van der Waals surface area contributed by atoms with E-state index in [2.05, 4.69) is 29.7 Å². The molecule has 2 aromatic rings. The monoisotopic (exact) mass is 259 g/mol. The van der Waals surface area contributed by atoms with Crippen LogP contribution < -0.4 is 5.73 Å². The first-order valence-corrected chi connectivity index (χ1v) is 7.07. The first kappa shape index (κ1) is 12.6. The minimum atomic E-state index is 0.143. The molecule has 0 saturated carbocycles. The molecule has 0 amide bonds. The maximum Gasteiger partial charge on any atom is 0.111 e. The number of ether oxygens (including phenoxy) is 1. The van der Waals surface area contributed by atoms with E-state index >= 15 is 0 Å². The fraction of sp³-hybridized carbons (Fsp3) is 0.533. The Labute approximate surface area is 113 Å². The van der Waals surface area contributed by atoms with Crippen molar-refractivity contribution in [3.63, 3.8) is 0 Å². The summed E-state index contributed by atoms with van der Waals surface area (Å²) in [5.74, 6) is 1.58. The molecule has 102 valence electrons. The second-order valence-electron chi connectivity index (χ2n) is 5.25. The second kappa shape index (κ2) is 5.31. The fourth-order valence-electron chi connectivity index (χ4n) is 2.90. The molecule has 2 unspecified atom stereocenters. The molecule has 0 spiro atoms. The van der Waals surface area contributed by atoms with Crippen molar-refractivity contribution in [2.45, 2.75) is 32.4 Å². The number of aromatic nitrogens is 2. The van der Waals surface area contributed by atoms with Gasteiger partial charge in [0.15, 0.2) is 0 Å². The fourth-order valence-corrected chi connectivity index (χ4v) is 2.90. The lowest BCUT2D eigenvalue weighted by molar-refractivity contribution is 0.180. The van der Waals surface area contributed by atoms with Crippen molar-refractivity contribution in [3.8, 4) is 0 Å². The van der Waals surface area contributed by atoms with Crippen LogP contribution in [0.3, 0.4) is 0 Å². The largest absolute Gasteiger partial charge is 0.381 e. The third-order valence-corrected chi connectivity index (χ3v) is 4.04. The second-order valence-corrected chi connectivity index (χ2v) is 5.25. The van der Waals surface area contributed by atoms with E-state index in [0.717, 1.165) is 43.9 Å². The summed E-state index contributed by atoms with van der Waals surface area (Å²) in [5.41, 5.74) is 8.59. The number of nitrogens with two attached hydrogens (primary N) is 1. The van der Waals surface area contributed by atoms with Crippen LogP contribution in [0.4, 0.5) is 0 Å². The molecule has 2 heterocycles. The number of para-hydroxylation sites is 2. The summed E-state index contributed by atoms with van der Waals surface area (Å²) in [4.78, 5) is 4.74. The van der Waals surface area contributed by atoms with Crippen molar-refractivity contribution >= 4 is 11.0 Å². The summed E-state index contributed by atoms with van der Waals surface area (Å²) in [5, 5.41) is 0. The average molecular weight is 259 g/mol. The van der Waals surface area contributed by atoms with E-state index < -0.39 is 0 Å². The topological polar surface area (TPSA) is 53.1 Å². The van der Waals surface area contributed by atoms with Gasteiger partial charge in [-0.1, -0.05) is 12.1 Å². The molecule has 3 rings (SSSR count). The lowest BCUT2D eigenvalue weighted by Crippen LogP contribution is -2.33. The van der Waals surface area contributed by atoms with E-state index in [1.807, 2.05) is 6.07 Å². The molecule has 1 aromatic carbocycles. The summed E-state index contributed by atoms with van der Waals surface area (Å²) in [7, 11) is 0. The van der Waals surface area contributed by atoms with Crippen molar-refractivity contribution in [3.05, 3.63) is 30.1 Å². The average Bonchev–Trinajstić information content (AvgIpc) is 3.05. The van der Waals surface area contributed by atoms with Gasteiger partial charge in [0, 0.05) is 25.6 Å². The van der Waals surface area contributed by atoms with Gasteiger partial charge in [-0.05, 0) is 31.4 Å². The van der Waals surface area contributed by atoms with E-state index in [0.29, 0.717) is 5.92 Å². The van der Waals surface area contributed by atoms with Crippen LogP contribution >= 0.6 is 0 Å². The zero-order valence-electron chi connectivity index (χ0n) is 11.4. The highest BCUT2D eigenvalue weighted by Crippen LogP contribution is 2.21. The van der Waals surface area contributed by atoms with Crippen molar-refractivity contribution in [1.29, 1.82) is 0 Å². The molecule has 19 heavy (non-hydrogen) atoms. The molecule has 1 aliphatic heterocycles. The van der Waals surface area contributed by atoms with Gasteiger partial charge >= 0.3 is 0 Å². The van der Waals surface area contributed by atoms with Gasteiger partial charge in [0.2, 0.25) is 0 Å². The number of hydrogen-bond donors (Lipinski definition) is 1. The Bertz CT molecular complexity index is 558. The summed E-state index contributed by atoms with van der Waals surface area (Å²) >= 11 is 0. The SMILES string of the molecule is CCn1c(CC(N)C2CCOC2)nc2ccccc21. The molecule has 4 nitrogen and oxygen atoms in total. The summed E-state index contributed by atoms with van der Waals surface area (Å²) < 4.78 is 7.69. The zero-order valence-corrected chi connectivity index (χ0v) is 11.4. The predicted molar refractivity (Wildman–Crippen MR) is 76.0 cm³/mol. The highest BCUT2D eigenvalue weighted by molar-refractivity contribution is 5.75. The maximum absolute atomic E-state index is 6.32. The zero-order chi connectivity index (χ0) is 13.2. The standard InChI is InChI=1S/C15H21N3O/c1-2-18-14-6-4-3-5-13(14)17-15(18)9-12(16)11-7-8-19-10-11/h3-6,11-12H,2,7-10,16H2,1H3.